The molecule has 2 nitrogen and oxygen atoms in total. The summed E-state index contributed by atoms with van der Waals surface area (Å²) in [6.07, 6.45) is 10.9. The number of piperidine rings is 3. The molecule has 5 fully saturated rings. The zero-order valence-corrected chi connectivity index (χ0v) is 17.9. The fraction of sp³-hybridized carbons (Fsp3) is 0.536. The van der Waals surface area contributed by atoms with Crippen LogP contribution in [0, 0.1) is 23.7 Å². The fourth-order valence-corrected chi connectivity index (χ4v) is 7.27. The molecule has 0 spiro atoms. The third-order valence-electron chi connectivity index (χ3n) is 8.73. The van der Waals surface area contributed by atoms with Gasteiger partial charge in [-0.15, -0.1) is 0 Å². The van der Waals surface area contributed by atoms with Crippen LogP contribution < -0.4 is 0 Å². The standard InChI is InChI=1S/C28H34N2/c1-3-7-21(8-4-1)26(22-9-5-2-6-10-22)28-27(23-13-15-30(28)16-14-23)29-19-25-18-20-11-12-24(25)17-20/h1-10,19-20,23-28H,11-18H2/t20-,24?,25-,27?,28?/m1/s1. The van der Waals surface area contributed by atoms with Crippen molar-refractivity contribution in [3.63, 3.8) is 0 Å². The molecule has 2 aromatic rings. The lowest BCUT2D eigenvalue weighted by molar-refractivity contribution is 0.0213. The first-order valence-electron chi connectivity index (χ1n) is 12.2. The smallest absolute Gasteiger partial charge is 0.0689 e. The van der Waals surface area contributed by atoms with E-state index in [2.05, 4.69) is 71.8 Å². The predicted molar refractivity (Wildman–Crippen MR) is 124 cm³/mol. The van der Waals surface area contributed by atoms with Gasteiger partial charge in [0.25, 0.3) is 0 Å². The number of benzene rings is 2. The van der Waals surface area contributed by atoms with Crippen molar-refractivity contribution in [2.75, 3.05) is 13.1 Å². The van der Waals surface area contributed by atoms with E-state index >= 15 is 0 Å². The molecular weight excluding hydrogens is 364 g/mol. The Kier molecular flexibility index (Phi) is 4.99. The molecule has 7 rings (SSSR count). The molecule has 3 saturated heterocycles. The lowest BCUT2D eigenvalue weighted by Crippen LogP contribution is -2.59. The highest BCUT2D eigenvalue weighted by atomic mass is 15.2. The van der Waals surface area contributed by atoms with Crippen LogP contribution in [-0.4, -0.2) is 36.3 Å². The minimum Gasteiger partial charge on any atom is -0.297 e. The molecule has 0 amide bonds. The highest BCUT2D eigenvalue weighted by Gasteiger charge is 2.47. The highest BCUT2D eigenvalue weighted by Crippen LogP contribution is 2.48. The Bertz CT molecular complexity index is 829. The maximum absolute atomic E-state index is 5.45. The molecule has 0 N–H and O–H groups in total. The van der Waals surface area contributed by atoms with Crippen molar-refractivity contribution in [1.82, 2.24) is 4.90 Å². The summed E-state index contributed by atoms with van der Waals surface area (Å²) in [7, 11) is 0. The predicted octanol–water partition coefficient (Wildman–Crippen LogP) is 5.79. The Labute approximate surface area is 181 Å². The molecule has 5 atom stereocenters. The van der Waals surface area contributed by atoms with Crippen LogP contribution in [0.2, 0.25) is 0 Å². The van der Waals surface area contributed by atoms with Crippen LogP contribution in [0.5, 0.6) is 0 Å². The van der Waals surface area contributed by atoms with Crippen molar-refractivity contribution < 1.29 is 0 Å². The van der Waals surface area contributed by atoms with Crippen LogP contribution >= 0.6 is 0 Å². The molecule has 5 aliphatic rings. The molecule has 2 saturated carbocycles. The zero-order valence-electron chi connectivity index (χ0n) is 17.9. The largest absolute Gasteiger partial charge is 0.297 e. The summed E-state index contributed by atoms with van der Waals surface area (Å²) in [5.74, 6) is 3.83. The van der Waals surface area contributed by atoms with Gasteiger partial charge >= 0.3 is 0 Å². The Balaban J connectivity index is 1.36. The summed E-state index contributed by atoms with van der Waals surface area (Å²) in [5.41, 5.74) is 2.89. The third kappa shape index (κ3) is 3.34. The molecule has 3 unspecified atom stereocenters. The average molecular weight is 399 g/mol. The minimum atomic E-state index is 0.401. The van der Waals surface area contributed by atoms with Crippen molar-refractivity contribution in [3.05, 3.63) is 71.8 Å². The van der Waals surface area contributed by atoms with Gasteiger partial charge in [0.1, 0.15) is 0 Å². The van der Waals surface area contributed by atoms with E-state index in [0.29, 0.717) is 18.0 Å². The lowest BCUT2D eigenvalue weighted by atomic mass is 9.70. The number of rotatable bonds is 5. The molecule has 0 radical (unpaired) electrons. The molecule has 2 aliphatic carbocycles. The Morgan fingerprint density at radius 3 is 2.00 bits per heavy atom. The maximum atomic E-state index is 5.45. The first-order chi connectivity index (χ1) is 14.9. The van der Waals surface area contributed by atoms with Gasteiger partial charge in [-0.2, -0.15) is 0 Å². The van der Waals surface area contributed by atoms with E-state index in [0.717, 1.165) is 23.7 Å². The van der Waals surface area contributed by atoms with Gasteiger partial charge in [0.2, 0.25) is 0 Å². The van der Waals surface area contributed by atoms with Crippen LogP contribution in [0.25, 0.3) is 0 Å². The van der Waals surface area contributed by atoms with Crippen molar-refractivity contribution in [1.29, 1.82) is 0 Å². The normalized spacial score (nSPS) is 37.4. The zero-order chi connectivity index (χ0) is 19.9. The first-order valence-corrected chi connectivity index (χ1v) is 12.2. The van der Waals surface area contributed by atoms with Gasteiger partial charge in [0.15, 0.2) is 0 Å². The van der Waals surface area contributed by atoms with Gasteiger partial charge in [-0.1, -0.05) is 67.1 Å². The summed E-state index contributed by atoms with van der Waals surface area (Å²) in [6, 6.07) is 23.3. The van der Waals surface area contributed by atoms with Crippen LogP contribution in [0.4, 0.5) is 0 Å². The van der Waals surface area contributed by atoms with Crippen LogP contribution in [0.3, 0.4) is 0 Å². The quantitative estimate of drug-likeness (QED) is 0.582. The molecular formula is C28H34N2. The summed E-state index contributed by atoms with van der Waals surface area (Å²) in [5, 5.41) is 0. The summed E-state index contributed by atoms with van der Waals surface area (Å²) < 4.78 is 0. The maximum Gasteiger partial charge on any atom is 0.0689 e. The van der Waals surface area contributed by atoms with Gasteiger partial charge < -0.3 is 0 Å². The van der Waals surface area contributed by atoms with Crippen LogP contribution in [0.1, 0.15) is 55.6 Å². The third-order valence-corrected chi connectivity index (χ3v) is 8.73. The van der Waals surface area contributed by atoms with Gasteiger partial charge in [-0.25, -0.2) is 0 Å². The van der Waals surface area contributed by atoms with Gasteiger partial charge in [-0.05, 0) is 80.0 Å². The topological polar surface area (TPSA) is 15.6 Å². The van der Waals surface area contributed by atoms with E-state index in [1.54, 1.807) is 0 Å². The van der Waals surface area contributed by atoms with Crippen molar-refractivity contribution >= 4 is 6.21 Å². The summed E-state index contributed by atoms with van der Waals surface area (Å²) in [6.45, 7) is 2.48. The fourth-order valence-electron chi connectivity index (χ4n) is 7.27. The van der Waals surface area contributed by atoms with E-state index in [9.17, 15) is 0 Å². The van der Waals surface area contributed by atoms with E-state index in [1.165, 1.54) is 62.7 Å². The number of hydrogen-bond acceptors (Lipinski definition) is 2. The Hall–Kier alpha value is -1.93. The molecule has 2 heteroatoms. The van der Waals surface area contributed by atoms with Crippen LogP contribution in [-0.2, 0) is 0 Å². The number of aliphatic imine (C=N–C) groups is 1. The monoisotopic (exact) mass is 398 g/mol. The number of nitrogens with zero attached hydrogens (tertiary/aromatic N) is 2. The van der Waals surface area contributed by atoms with E-state index in [-0.39, 0.29) is 0 Å². The van der Waals surface area contributed by atoms with E-state index < -0.39 is 0 Å². The molecule has 2 aromatic carbocycles. The summed E-state index contributed by atoms with van der Waals surface area (Å²) >= 11 is 0. The summed E-state index contributed by atoms with van der Waals surface area (Å²) in [4.78, 5) is 8.22. The molecule has 3 heterocycles. The van der Waals surface area contributed by atoms with Gasteiger partial charge in [-0.3, -0.25) is 9.89 Å². The molecule has 156 valence electrons. The number of hydrogen-bond donors (Lipinski definition) is 0. The SMILES string of the molecule is C(=NC1C2CCN(CC2)C1C(c1ccccc1)c1ccccc1)[C@H]1C[C@@H]2CCC1C2. The lowest BCUT2D eigenvalue weighted by Gasteiger charge is -2.52. The van der Waals surface area contributed by atoms with Crippen molar-refractivity contribution in [3.8, 4) is 0 Å². The average Bonchev–Trinajstić information content (AvgIpc) is 3.44. The van der Waals surface area contributed by atoms with Gasteiger partial charge in [0.05, 0.1) is 6.04 Å². The second kappa shape index (κ2) is 7.96. The Morgan fingerprint density at radius 1 is 0.767 bits per heavy atom. The second-order valence-electron chi connectivity index (χ2n) is 10.3. The second-order valence-corrected chi connectivity index (χ2v) is 10.3. The Morgan fingerprint density at radius 2 is 1.43 bits per heavy atom. The van der Waals surface area contributed by atoms with Crippen molar-refractivity contribution in [2.24, 2.45) is 28.7 Å². The number of fused-ring (bicyclic) bond motifs is 5. The van der Waals surface area contributed by atoms with Crippen LogP contribution in [0.15, 0.2) is 65.7 Å². The van der Waals surface area contributed by atoms with E-state index in [4.69, 9.17) is 4.99 Å². The molecule has 0 aromatic heterocycles. The van der Waals surface area contributed by atoms with Crippen molar-refractivity contribution in [2.45, 2.75) is 56.5 Å². The molecule has 30 heavy (non-hydrogen) atoms. The minimum absolute atomic E-state index is 0.401. The van der Waals surface area contributed by atoms with E-state index in [1.807, 2.05) is 0 Å². The molecule has 4 bridgehead atoms. The highest BCUT2D eigenvalue weighted by molar-refractivity contribution is 5.62. The van der Waals surface area contributed by atoms with Gasteiger partial charge in [0, 0.05) is 18.2 Å². The first kappa shape index (κ1) is 18.8. The molecule has 3 aliphatic heterocycles.